The van der Waals surface area contributed by atoms with Gasteiger partial charge in [-0.05, 0) is 19.8 Å². The van der Waals surface area contributed by atoms with E-state index in [4.69, 9.17) is 4.42 Å². The van der Waals surface area contributed by atoms with Crippen LogP contribution < -0.4 is 9.80 Å². The Balaban J connectivity index is 1.43. The minimum Gasteiger partial charge on any atom is -0.408 e. The van der Waals surface area contributed by atoms with Gasteiger partial charge in [0, 0.05) is 44.5 Å². The van der Waals surface area contributed by atoms with Crippen molar-refractivity contribution in [1.29, 1.82) is 0 Å². The number of anilines is 2. The first-order valence-corrected chi connectivity index (χ1v) is 7.42. The first-order valence-electron chi connectivity index (χ1n) is 7.42. The van der Waals surface area contributed by atoms with Crippen LogP contribution in [0.2, 0.25) is 0 Å². The van der Waals surface area contributed by atoms with E-state index in [1.54, 1.807) is 12.4 Å². The fourth-order valence-electron chi connectivity index (χ4n) is 2.67. The average Bonchev–Trinajstić information content (AvgIpc) is 3.26. The standard InChI is InChI=1S/C14H18N6O/c1-10-12(16-5-4-15-10)19-6-8-20(9-7-19)14-18-17-13(21-14)11-2-3-11/h4-5,11H,2-3,6-9H2,1H3. The van der Waals surface area contributed by atoms with Crippen LogP contribution in [0.5, 0.6) is 0 Å². The van der Waals surface area contributed by atoms with E-state index in [0.29, 0.717) is 11.9 Å². The highest BCUT2D eigenvalue weighted by Gasteiger charge is 2.31. The molecule has 0 spiro atoms. The molecular weight excluding hydrogens is 268 g/mol. The second kappa shape index (κ2) is 4.98. The van der Waals surface area contributed by atoms with Gasteiger partial charge in [0.05, 0.1) is 5.69 Å². The Morgan fingerprint density at radius 3 is 2.43 bits per heavy atom. The van der Waals surface area contributed by atoms with Gasteiger partial charge in [0.15, 0.2) is 0 Å². The van der Waals surface area contributed by atoms with Crippen molar-refractivity contribution in [1.82, 2.24) is 20.2 Å². The van der Waals surface area contributed by atoms with Crippen LogP contribution in [-0.2, 0) is 0 Å². The van der Waals surface area contributed by atoms with Crippen LogP contribution in [0.15, 0.2) is 16.8 Å². The second-order valence-corrected chi connectivity index (χ2v) is 5.64. The summed E-state index contributed by atoms with van der Waals surface area (Å²) in [6, 6.07) is 0.660. The minimum absolute atomic E-state index is 0.509. The first kappa shape index (κ1) is 12.6. The van der Waals surface area contributed by atoms with Gasteiger partial charge in [-0.2, -0.15) is 0 Å². The maximum absolute atomic E-state index is 5.77. The number of rotatable bonds is 3. The van der Waals surface area contributed by atoms with Gasteiger partial charge in [0.2, 0.25) is 5.89 Å². The molecule has 0 unspecified atom stereocenters. The van der Waals surface area contributed by atoms with E-state index >= 15 is 0 Å². The van der Waals surface area contributed by atoms with Gasteiger partial charge in [-0.1, -0.05) is 5.10 Å². The predicted octanol–water partition coefficient (Wildman–Crippen LogP) is 1.37. The van der Waals surface area contributed by atoms with Gasteiger partial charge in [0.25, 0.3) is 0 Å². The SMILES string of the molecule is Cc1nccnc1N1CCN(c2nnc(C3CC3)o2)CC1. The first-order chi connectivity index (χ1) is 10.3. The summed E-state index contributed by atoms with van der Waals surface area (Å²) in [6.07, 6.45) is 5.84. The lowest BCUT2D eigenvalue weighted by atomic mass is 10.3. The normalized spacial score (nSPS) is 19.1. The molecule has 2 fully saturated rings. The van der Waals surface area contributed by atoms with Crippen molar-refractivity contribution in [3.8, 4) is 0 Å². The fourth-order valence-corrected chi connectivity index (χ4v) is 2.67. The number of aryl methyl sites for hydroxylation is 1. The van der Waals surface area contributed by atoms with E-state index in [9.17, 15) is 0 Å². The molecule has 0 N–H and O–H groups in total. The predicted molar refractivity (Wildman–Crippen MR) is 77.5 cm³/mol. The number of aromatic nitrogens is 4. The number of nitrogens with zero attached hydrogens (tertiary/aromatic N) is 6. The molecular formula is C14H18N6O. The fraction of sp³-hybridized carbons (Fsp3) is 0.571. The van der Waals surface area contributed by atoms with Gasteiger partial charge in [-0.15, -0.1) is 5.10 Å². The summed E-state index contributed by atoms with van der Waals surface area (Å²) < 4.78 is 5.77. The van der Waals surface area contributed by atoms with Crippen LogP contribution in [0, 0.1) is 6.92 Å². The third-order valence-electron chi connectivity index (χ3n) is 4.06. The maximum atomic E-state index is 5.77. The molecule has 0 aromatic carbocycles. The van der Waals surface area contributed by atoms with E-state index in [2.05, 4.69) is 30.0 Å². The van der Waals surface area contributed by atoms with Crippen LogP contribution >= 0.6 is 0 Å². The smallest absolute Gasteiger partial charge is 0.318 e. The number of hydrogen-bond donors (Lipinski definition) is 0. The zero-order valence-corrected chi connectivity index (χ0v) is 12.1. The molecule has 110 valence electrons. The maximum Gasteiger partial charge on any atom is 0.318 e. The van der Waals surface area contributed by atoms with Gasteiger partial charge in [-0.25, -0.2) is 4.98 Å². The lowest BCUT2D eigenvalue weighted by molar-refractivity contribution is 0.475. The van der Waals surface area contributed by atoms with Crippen molar-refractivity contribution in [2.24, 2.45) is 0 Å². The summed E-state index contributed by atoms with van der Waals surface area (Å²) in [7, 11) is 0. The summed E-state index contributed by atoms with van der Waals surface area (Å²) in [5, 5.41) is 8.33. The van der Waals surface area contributed by atoms with E-state index in [1.165, 1.54) is 12.8 Å². The van der Waals surface area contributed by atoms with Gasteiger partial charge in [0.1, 0.15) is 5.82 Å². The van der Waals surface area contributed by atoms with E-state index in [0.717, 1.165) is 43.6 Å². The lowest BCUT2D eigenvalue weighted by Crippen LogP contribution is -2.47. The molecule has 1 aliphatic carbocycles. The minimum atomic E-state index is 0.509. The molecule has 0 radical (unpaired) electrons. The molecule has 0 atom stereocenters. The topological polar surface area (TPSA) is 71.2 Å². The Morgan fingerprint density at radius 2 is 1.71 bits per heavy atom. The zero-order chi connectivity index (χ0) is 14.2. The third kappa shape index (κ3) is 2.43. The molecule has 4 rings (SSSR count). The van der Waals surface area contributed by atoms with E-state index in [-0.39, 0.29) is 0 Å². The summed E-state index contributed by atoms with van der Waals surface area (Å²) in [5.41, 5.74) is 0.972. The lowest BCUT2D eigenvalue weighted by Gasteiger charge is -2.34. The van der Waals surface area contributed by atoms with Crippen LogP contribution in [0.25, 0.3) is 0 Å². The summed E-state index contributed by atoms with van der Waals surface area (Å²) >= 11 is 0. The molecule has 3 heterocycles. The third-order valence-corrected chi connectivity index (χ3v) is 4.06. The van der Waals surface area contributed by atoms with E-state index < -0.39 is 0 Å². The van der Waals surface area contributed by atoms with Crippen LogP contribution in [-0.4, -0.2) is 46.3 Å². The molecule has 2 aromatic rings. The molecule has 21 heavy (non-hydrogen) atoms. The van der Waals surface area contributed by atoms with Crippen LogP contribution in [0.4, 0.5) is 11.8 Å². The number of hydrogen-bond acceptors (Lipinski definition) is 7. The molecule has 0 amide bonds. The molecule has 2 aromatic heterocycles. The molecule has 7 heteroatoms. The molecule has 0 bridgehead atoms. The number of piperazine rings is 1. The van der Waals surface area contributed by atoms with Crippen molar-refractivity contribution in [2.75, 3.05) is 36.0 Å². The average molecular weight is 286 g/mol. The Morgan fingerprint density at radius 1 is 1.00 bits per heavy atom. The van der Waals surface area contributed by atoms with Crippen molar-refractivity contribution in [2.45, 2.75) is 25.7 Å². The van der Waals surface area contributed by atoms with Crippen LogP contribution in [0.1, 0.15) is 30.3 Å². The largest absolute Gasteiger partial charge is 0.408 e. The van der Waals surface area contributed by atoms with Gasteiger partial charge < -0.3 is 14.2 Å². The zero-order valence-electron chi connectivity index (χ0n) is 12.1. The quantitative estimate of drug-likeness (QED) is 0.843. The van der Waals surface area contributed by atoms with Crippen molar-refractivity contribution < 1.29 is 4.42 Å². The van der Waals surface area contributed by atoms with Crippen LogP contribution in [0.3, 0.4) is 0 Å². The Labute approximate surface area is 123 Å². The van der Waals surface area contributed by atoms with Gasteiger partial charge in [-0.3, -0.25) is 4.98 Å². The second-order valence-electron chi connectivity index (χ2n) is 5.64. The molecule has 1 aliphatic heterocycles. The Kier molecular flexibility index (Phi) is 2.98. The molecule has 1 saturated heterocycles. The monoisotopic (exact) mass is 286 g/mol. The highest BCUT2D eigenvalue weighted by Crippen LogP contribution is 2.39. The highest BCUT2D eigenvalue weighted by atomic mass is 16.4. The van der Waals surface area contributed by atoms with E-state index in [1.807, 2.05) is 6.92 Å². The van der Waals surface area contributed by atoms with Crippen molar-refractivity contribution in [3.63, 3.8) is 0 Å². The summed E-state index contributed by atoms with van der Waals surface area (Å²) in [4.78, 5) is 13.1. The highest BCUT2D eigenvalue weighted by molar-refractivity contribution is 5.44. The Bertz CT molecular complexity index is 630. The Hall–Kier alpha value is -2.18. The van der Waals surface area contributed by atoms with Crippen molar-refractivity contribution in [3.05, 3.63) is 24.0 Å². The summed E-state index contributed by atoms with van der Waals surface area (Å²) in [6.45, 7) is 5.50. The summed E-state index contributed by atoms with van der Waals surface area (Å²) in [5.74, 6) is 2.29. The van der Waals surface area contributed by atoms with Gasteiger partial charge >= 0.3 is 6.01 Å². The molecule has 2 aliphatic rings. The molecule has 7 nitrogen and oxygen atoms in total. The van der Waals surface area contributed by atoms with Crippen molar-refractivity contribution >= 4 is 11.8 Å². The molecule has 1 saturated carbocycles.